The van der Waals surface area contributed by atoms with E-state index in [-0.39, 0.29) is 11.5 Å². The largest absolute Gasteiger partial charge is 0.508 e. The molecule has 0 aromatic heterocycles. The van der Waals surface area contributed by atoms with Gasteiger partial charge in [-0.15, -0.1) is 0 Å². The van der Waals surface area contributed by atoms with Crippen LogP contribution in [0.4, 0.5) is 0 Å². The first kappa shape index (κ1) is 24.7. The van der Waals surface area contributed by atoms with Gasteiger partial charge in [-0.3, -0.25) is 4.90 Å². The van der Waals surface area contributed by atoms with Crippen molar-refractivity contribution in [1.29, 1.82) is 5.26 Å². The maximum Gasteiger partial charge on any atom is 0.150 e. The van der Waals surface area contributed by atoms with Crippen molar-refractivity contribution in [2.75, 3.05) is 19.7 Å². The fraction of sp³-hybridized carbons (Fsp3) is 0.323. The van der Waals surface area contributed by atoms with Gasteiger partial charge in [-0.1, -0.05) is 19.1 Å². The SMILES string of the molecule is CC1=C(c2ccc(O)cc2C#N)C(c2ccc(OCC(C)N3CCC(C)C3)cc2)Oc2ccc(O)cc21. The van der Waals surface area contributed by atoms with Gasteiger partial charge in [0.05, 0.1) is 11.6 Å². The molecule has 1 saturated heterocycles. The van der Waals surface area contributed by atoms with E-state index in [1.807, 2.05) is 31.2 Å². The Kier molecular flexibility index (Phi) is 6.82. The summed E-state index contributed by atoms with van der Waals surface area (Å²) in [5, 5.41) is 29.9. The van der Waals surface area contributed by atoms with Crippen molar-refractivity contribution >= 4 is 11.1 Å². The number of fused-ring (bicyclic) bond motifs is 1. The number of ether oxygens (including phenoxy) is 2. The van der Waals surface area contributed by atoms with Crippen LogP contribution in [0.2, 0.25) is 0 Å². The molecule has 3 aromatic carbocycles. The maximum absolute atomic E-state index is 10.1. The highest BCUT2D eigenvalue weighted by Crippen LogP contribution is 2.48. The van der Waals surface area contributed by atoms with E-state index in [0.717, 1.165) is 47.0 Å². The monoisotopic (exact) mass is 496 g/mol. The summed E-state index contributed by atoms with van der Waals surface area (Å²) in [5.74, 6) is 2.38. The van der Waals surface area contributed by atoms with Gasteiger partial charge in [0.15, 0.2) is 0 Å². The summed E-state index contributed by atoms with van der Waals surface area (Å²) in [6, 6.07) is 20.3. The molecule has 0 aliphatic carbocycles. The minimum Gasteiger partial charge on any atom is -0.508 e. The maximum atomic E-state index is 10.1. The van der Waals surface area contributed by atoms with Gasteiger partial charge in [0.1, 0.15) is 35.7 Å². The van der Waals surface area contributed by atoms with Crippen LogP contribution in [-0.2, 0) is 0 Å². The first-order valence-corrected chi connectivity index (χ1v) is 12.7. The summed E-state index contributed by atoms with van der Waals surface area (Å²) in [6.45, 7) is 9.35. The highest BCUT2D eigenvalue weighted by Gasteiger charge is 2.31. The number of phenolic OH excluding ortho intramolecular Hbond substituents is 2. The molecule has 2 aliphatic heterocycles. The van der Waals surface area contributed by atoms with Crippen LogP contribution in [-0.4, -0.2) is 40.9 Å². The topological polar surface area (TPSA) is 86.0 Å². The van der Waals surface area contributed by atoms with E-state index in [9.17, 15) is 15.5 Å². The zero-order valence-corrected chi connectivity index (χ0v) is 21.4. The fourth-order valence-corrected chi connectivity index (χ4v) is 5.31. The van der Waals surface area contributed by atoms with Crippen LogP contribution in [0.1, 0.15) is 55.5 Å². The van der Waals surface area contributed by atoms with E-state index in [2.05, 4.69) is 24.8 Å². The molecule has 0 bridgehead atoms. The van der Waals surface area contributed by atoms with Gasteiger partial charge in [0.2, 0.25) is 0 Å². The van der Waals surface area contributed by atoms with Crippen LogP contribution in [0, 0.1) is 17.2 Å². The molecule has 3 aromatic rings. The number of aromatic hydroxyl groups is 2. The average molecular weight is 497 g/mol. The van der Waals surface area contributed by atoms with Crippen LogP contribution < -0.4 is 9.47 Å². The lowest BCUT2D eigenvalue weighted by molar-refractivity contribution is 0.169. The van der Waals surface area contributed by atoms with Crippen LogP contribution in [0.5, 0.6) is 23.0 Å². The Morgan fingerprint density at radius 3 is 2.49 bits per heavy atom. The van der Waals surface area contributed by atoms with Gasteiger partial charge >= 0.3 is 0 Å². The second-order valence-electron chi connectivity index (χ2n) is 10.2. The zero-order valence-electron chi connectivity index (χ0n) is 21.4. The lowest BCUT2D eigenvalue weighted by atomic mass is 9.84. The predicted octanol–water partition coefficient (Wildman–Crippen LogP) is 6.14. The first-order valence-electron chi connectivity index (χ1n) is 12.7. The fourth-order valence-electron chi connectivity index (χ4n) is 5.31. The van der Waals surface area contributed by atoms with Crippen molar-refractivity contribution in [3.8, 4) is 29.1 Å². The van der Waals surface area contributed by atoms with Crippen molar-refractivity contribution in [1.82, 2.24) is 4.90 Å². The van der Waals surface area contributed by atoms with Gasteiger partial charge in [-0.25, -0.2) is 0 Å². The standard InChI is InChI=1S/C31H32N2O4/c1-19-12-13-33(17-19)20(2)18-36-26-8-4-22(5-9-26)31-30(27-10-6-24(34)14-23(27)16-32)21(3)28-15-25(35)7-11-29(28)37-31/h4-11,14-15,19-20,31,34-35H,12-13,17-18H2,1-3H3. The summed E-state index contributed by atoms with van der Waals surface area (Å²) in [5.41, 5.74) is 4.45. The van der Waals surface area contributed by atoms with Crippen molar-refractivity contribution in [3.05, 3.63) is 82.9 Å². The molecule has 6 heteroatoms. The third-order valence-corrected chi connectivity index (χ3v) is 7.44. The number of nitrogens with zero attached hydrogens (tertiary/aromatic N) is 2. The molecule has 37 heavy (non-hydrogen) atoms. The molecule has 3 unspecified atom stereocenters. The molecule has 0 radical (unpaired) electrons. The number of likely N-dealkylation sites (tertiary alicyclic amines) is 1. The Balaban J connectivity index is 1.45. The van der Waals surface area contributed by atoms with E-state index in [1.165, 1.54) is 12.5 Å². The van der Waals surface area contributed by atoms with E-state index in [0.29, 0.717) is 29.5 Å². The Bertz CT molecular complexity index is 1370. The summed E-state index contributed by atoms with van der Waals surface area (Å²) < 4.78 is 12.6. The number of hydrogen-bond acceptors (Lipinski definition) is 6. The normalized spacial score (nSPS) is 20.2. The smallest absolute Gasteiger partial charge is 0.150 e. The number of allylic oxidation sites excluding steroid dienone is 1. The second kappa shape index (κ2) is 10.2. The molecule has 0 saturated carbocycles. The Labute approximate surface area is 218 Å². The van der Waals surface area contributed by atoms with Crippen LogP contribution in [0.25, 0.3) is 11.1 Å². The molecule has 190 valence electrons. The number of benzene rings is 3. The Hall–Kier alpha value is -3.95. The Morgan fingerprint density at radius 1 is 1.05 bits per heavy atom. The summed E-state index contributed by atoms with van der Waals surface area (Å²) in [7, 11) is 0. The van der Waals surface area contributed by atoms with Gasteiger partial charge in [0.25, 0.3) is 0 Å². The van der Waals surface area contributed by atoms with Crippen molar-refractivity contribution in [2.24, 2.45) is 5.92 Å². The van der Waals surface area contributed by atoms with Gasteiger partial charge < -0.3 is 19.7 Å². The molecule has 2 N–H and O–H groups in total. The van der Waals surface area contributed by atoms with Crippen molar-refractivity contribution in [2.45, 2.75) is 39.3 Å². The molecule has 6 nitrogen and oxygen atoms in total. The predicted molar refractivity (Wildman–Crippen MR) is 144 cm³/mol. The summed E-state index contributed by atoms with van der Waals surface area (Å²) >= 11 is 0. The molecular formula is C31H32N2O4. The van der Waals surface area contributed by atoms with Crippen molar-refractivity contribution in [3.63, 3.8) is 0 Å². The highest BCUT2D eigenvalue weighted by molar-refractivity contribution is 5.97. The van der Waals surface area contributed by atoms with Gasteiger partial charge in [-0.2, -0.15) is 5.26 Å². The molecule has 0 spiro atoms. The molecule has 5 rings (SSSR count). The van der Waals surface area contributed by atoms with Gasteiger partial charge in [-0.05, 0) is 92.4 Å². The molecule has 2 aliphatic rings. The zero-order chi connectivity index (χ0) is 26.1. The molecule has 3 atom stereocenters. The molecular weight excluding hydrogens is 464 g/mol. The number of hydrogen-bond donors (Lipinski definition) is 2. The van der Waals surface area contributed by atoms with Gasteiger partial charge in [0, 0.05) is 29.3 Å². The minimum atomic E-state index is -0.479. The van der Waals surface area contributed by atoms with E-state index < -0.39 is 6.10 Å². The molecule has 1 fully saturated rings. The third-order valence-electron chi connectivity index (χ3n) is 7.44. The van der Waals surface area contributed by atoms with E-state index in [1.54, 1.807) is 30.3 Å². The Morgan fingerprint density at radius 2 is 1.78 bits per heavy atom. The minimum absolute atomic E-state index is 0.0315. The van der Waals surface area contributed by atoms with E-state index in [4.69, 9.17) is 9.47 Å². The van der Waals surface area contributed by atoms with Crippen LogP contribution >= 0.6 is 0 Å². The molecule has 2 heterocycles. The second-order valence-corrected chi connectivity index (χ2v) is 10.2. The number of rotatable bonds is 6. The third kappa shape index (κ3) is 5.00. The quantitative estimate of drug-likeness (QED) is 0.426. The average Bonchev–Trinajstić information content (AvgIpc) is 3.34. The van der Waals surface area contributed by atoms with E-state index >= 15 is 0 Å². The first-order chi connectivity index (χ1) is 17.8. The summed E-state index contributed by atoms with van der Waals surface area (Å²) in [4.78, 5) is 2.48. The highest BCUT2D eigenvalue weighted by atomic mass is 16.5. The lowest BCUT2D eigenvalue weighted by Gasteiger charge is -2.31. The van der Waals surface area contributed by atoms with Crippen LogP contribution in [0.15, 0.2) is 60.7 Å². The molecule has 0 amide bonds. The summed E-state index contributed by atoms with van der Waals surface area (Å²) in [6.07, 6.45) is 0.764. The van der Waals surface area contributed by atoms with Crippen molar-refractivity contribution < 1.29 is 19.7 Å². The number of phenols is 2. The lowest BCUT2D eigenvalue weighted by Crippen LogP contribution is -2.35. The van der Waals surface area contributed by atoms with Crippen LogP contribution in [0.3, 0.4) is 0 Å². The number of nitriles is 1.